The van der Waals surface area contributed by atoms with Crippen LogP contribution in [0.1, 0.15) is 11.1 Å². The number of ether oxygens (including phenoxy) is 1. The molecular weight excluding hydrogens is 294 g/mol. The van der Waals surface area contributed by atoms with E-state index in [0.29, 0.717) is 22.2 Å². The fraction of sp³-hybridized carbons (Fsp3) is 0.143. The molecule has 0 bridgehead atoms. The van der Waals surface area contributed by atoms with Crippen molar-refractivity contribution in [1.29, 1.82) is 0 Å². The molecule has 0 aromatic heterocycles. The number of hydrazine groups is 1. The average molecular weight is 308 g/mol. The van der Waals surface area contributed by atoms with Gasteiger partial charge in [0.1, 0.15) is 11.5 Å². The second kappa shape index (κ2) is 5.99. The summed E-state index contributed by atoms with van der Waals surface area (Å²) < 4.78 is 5.67. The van der Waals surface area contributed by atoms with Crippen LogP contribution in [0.2, 0.25) is 5.02 Å². The summed E-state index contributed by atoms with van der Waals surface area (Å²) in [6, 6.07) is 7.77. The second-order valence-electron chi connectivity index (χ2n) is 4.59. The molecule has 7 heteroatoms. The molecule has 110 valence electrons. The lowest BCUT2D eigenvalue weighted by molar-refractivity contribution is -0.384. The molecule has 0 heterocycles. The summed E-state index contributed by atoms with van der Waals surface area (Å²) in [5.74, 6) is 6.18. The lowest BCUT2D eigenvalue weighted by Gasteiger charge is -2.10. The molecule has 2 aromatic rings. The Morgan fingerprint density at radius 1 is 1.14 bits per heavy atom. The summed E-state index contributed by atoms with van der Waals surface area (Å²) in [4.78, 5) is 10.4. The van der Waals surface area contributed by atoms with Crippen LogP contribution < -0.4 is 16.0 Å². The van der Waals surface area contributed by atoms with Crippen molar-refractivity contribution in [2.75, 3.05) is 5.43 Å². The molecule has 0 aliphatic carbocycles. The molecule has 2 rings (SSSR count). The molecule has 0 unspecified atom stereocenters. The molecule has 0 spiro atoms. The number of nitro benzene ring substituents is 1. The Morgan fingerprint density at radius 3 is 2.24 bits per heavy atom. The fourth-order valence-corrected chi connectivity index (χ4v) is 2.04. The number of anilines is 1. The molecule has 6 nitrogen and oxygen atoms in total. The van der Waals surface area contributed by atoms with Gasteiger partial charge < -0.3 is 10.2 Å². The van der Waals surface area contributed by atoms with Crippen LogP contribution in [0.4, 0.5) is 11.4 Å². The van der Waals surface area contributed by atoms with Crippen molar-refractivity contribution < 1.29 is 9.66 Å². The highest BCUT2D eigenvalue weighted by atomic mass is 35.5. The van der Waals surface area contributed by atoms with E-state index in [1.165, 1.54) is 12.1 Å². The quantitative estimate of drug-likeness (QED) is 0.507. The smallest absolute Gasteiger partial charge is 0.275 e. The first-order chi connectivity index (χ1) is 9.90. The number of nitrogens with two attached hydrogens (primary N) is 1. The summed E-state index contributed by atoms with van der Waals surface area (Å²) in [6.07, 6.45) is 0. The first kappa shape index (κ1) is 15.1. The number of nitrogen functional groups attached to an aromatic ring is 1. The summed E-state index contributed by atoms with van der Waals surface area (Å²) in [5, 5.41) is 11.6. The van der Waals surface area contributed by atoms with Crippen molar-refractivity contribution in [3.05, 3.63) is 56.6 Å². The van der Waals surface area contributed by atoms with Crippen molar-refractivity contribution in [3.63, 3.8) is 0 Å². The molecule has 0 saturated carbocycles. The van der Waals surface area contributed by atoms with Crippen molar-refractivity contribution in [2.45, 2.75) is 13.8 Å². The van der Waals surface area contributed by atoms with Crippen LogP contribution in [-0.4, -0.2) is 4.92 Å². The Morgan fingerprint density at radius 2 is 1.71 bits per heavy atom. The molecule has 0 aliphatic rings. The van der Waals surface area contributed by atoms with E-state index >= 15 is 0 Å². The van der Waals surface area contributed by atoms with Crippen molar-refractivity contribution in [2.24, 2.45) is 5.84 Å². The summed E-state index contributed by atoms with van der Waals surface area (Å²) >= 11 is 6.10. The van der Waals surface area contributed by atoms with E-state index in [1.54, 1.807) is 18.2 Å². The van der Waals surface area contributed by atoms with Gasteiger partial charge in [0.25, 0.3) is 5.69 Å². The number of nitrogens with zero attached hydrogens (tertiary/aromatic N) is 1. The molecule has 0 fully saturated rings. The highest BCUT2D eigenvalue weighted by molar-refractivity contribution is 6.32. The number of halogens is 1. The van der Waals surface area contributed by atoms with Crippen LogP contribution in [-0.2, 0) is 0 Å². The highest BCUT2D eigenvalue weighted by Gasteiger charge is 2.12. The lowest BCUT2D eigenvalue weighted by Crippen LogP contribution is -2.07. The van der Waals surface area contributed by atoms with Crippen LogP contribution in [0.5, 0.6) is 11.5 Å². The second-order valence-corrected chi connectivity index (χ2v) is 4.97. The van der Waals surface area contributed by atoms with E-state index in [0.717, 1.165) is 11.1 Å². The zero-order valence-electron chi connectivity index (χ0n) is 11.5. The minimum Gasteiger partial charge on any atom is -0.457 e. The normalized spacial score (nSPS) is 10.3. The van der Waals surface area contributed by atoms with Crippen LogP contribution in [0, 0.1) is 24.0 Å². The van der Waals surface area contributed by atoms with Gasteiger partial charge in [-0.1, -0.05) is 11.6 Å². The fourth-order valence-electron chi connectivity index (χ4n) is 1.93. The first-order valence-electron chi connectivity index (χ1n) is 6.11. The van der Waals surface area contributed by atoms with Gasteiger partial charge in [0, 0.05) is 17.2 Å². The van der Waals surface area contributed by atoms with E-state index in [2.05, 4.69) is 5.43 Å². The molecule has 0 atom stereocenters. The van der Waals surface area contributed by atoms with Gasteiger partial charge in [-0.05, 0) is 37.1 Å². The Bertz CT molecular complexity index is 681. The molecular formula is C14H14ClN3O3. The third kappa shape index (κ3) is 3.42. The van der Waals surface area contributed by atoms with Gasteiger partial charge in [-0.15, -0.1) is 0 Å². The zero-order chi connectivity index (χ0) is 15.6. The number of aryl methyl sites for hydroxylation is 2. The van der Waals surface area contributed by atoms with Crippen LogP contribution in [0.15, 0.2) is 30.3 Å². The maximum Gasteiger partial charge on any atom is 0.275 e. The number of hydrogen-bond donors (Lipinski definition) is 2. The van der Waals surface area contributed by atoms with Gasteiger partial charge in [-0.2, -0.15) is 0 Å². The number of hydrogen-bond acceptors (Lipinski definition) is 5. The van der Waals surface area contributed by atoms with Crippen LogP contribution in [0.25, 0.3) is 0 Å². The predicted molar refractivity (Wildman–Crippen MR) is 81.9 cm³/mol. The highest BCUT2D eigenvalue weighted by Crippen LogP contribution is 2.32. The van der Waals surface area contributed by atoms with Crippen molar-refractivity contribution in [3.8, 4) is 11.5 Å². The Balaban J connectivity index is 2.39. The SMILES string of the molecule is Cc1cc(Oc2cc(NN)cc([N+](=O)[O-])c2)cc(C)c1Cl. The molecule has 0 aliphatic heterocycles. The van der Waals surface area contributed by atoms with Gasteiger partial charge >= 0.3 is 0 Å². The number of rotatable bonds is 4. The molecule has 0 amide bonds. The lowest BCUT2D eigenvalue weighted by atomic mass is 10.1. The maximum atomic E-state index is 10.9. The third-order valence-corrected chi connectivity index (χ3v) is 3.51. The number of nitrogens with one attached hydrogen (secondary N) is 1. The Kier molecular flexibility index (Phi) is 4.30. The Hall–Kier alpha value is -2.31. The van der Waals surface area contributed by atoms with Crippen molar-refractivity contribution in [1.82, 2.24) is 0 Å². The van der Waals surface area contributed by atoms with Crippen LogP contribution >= 0.6 is 11.6 Å². The summed E-state index contributed by atoms with van der Waals surface area (Å²) in [6.45, 7) is 3.73. The van der Waals surface area contributed by atoms with E-state index in [1.807, 2.05) is 13.8 Å². The standard InChI is InChI=1S/C14H14ClN3O3/c1-8-3-12(4-9(2)14(8)15)21-13-6-10(17-16)5-11(7-13)18(19)20/h3-7,17H,16H2,1-2H3. The van der Waals surface area contributed by atoms with Gasteiger partial charge in [0.15, 0.2) is 0 Å². The van der Waals surface area contributed by atoms with E-state index in [-0.39, 0.29) is 5.69 Å². The maximum absolute atomic E-state index is 10.9. The number of benzene rings is 2. The Labute approximate surface area is 126 Å². The van der Waals surface area contributed by atoms with Crippen molar-refractivity contribution >= 4 is 23.0 Å². The van der Waals surface area contributed by atoms with E-state index in [4.69, 9.17) is 22.2 Å². The van der Waals surface area contributed by atoms with Gasteiger partial charge in [0.05, 0.1) is 16.7 Å². The van der Waals surface area contributed by atoms with Gasteiger partial charge in [-0.3, -0.25) is 16.0 Å². The molecule has 21 heavy (non-hydrogen) atoms. The number of nitro groups is 1. The first-order valence-corrected chi connectivity index (χ1v) is 6.49. The summed E-state index contributed by atoms with van der Waals surface area (Å²) in [5.41, 5.74) is 4.40. The average Bonchev–Trinajstić information content (AvgIpc) is 2.44. The molecule has 0 saturated heterocycles. The predicted octanol–water partition coefficient (Wildman–Crippen LogP) is 3.94. The van der Waals surface area contributed by atoms with E-state index < -0.39 is 4.92 Å². The number of non-ortho nitro benzene ring substituents is 1. The van der Waals surface area contributed by atoms with Gasteiger partial charge in [0.2, 0.25) is 0 Å². The van der Waals surface area contributed by atoms with Gasteiger partial charge in [-0.25, -0.2) is 0 Å². The molecule has 3 N–H and O–H groups in total. The third-order valence-electron chi connectivity index (χ3n) is 2.91. The largest absolute Gasteiger partial charge is 0.457 e. The molecule has 0 radical (unpaired) electrons. The minimum atomic E-state index is -0.508. The monoisotopic (exact) mass is 307 g/mol. The minimum absolute atomic E-state index is 0.108. The summed E-state index contributed by atoms with van der Waals surface area (Å²) in [7, 11) is 0. The molecule has 2 aromatic carbocycles. The topological polar surface area (TPSA) is 90.4 Å². The van der Waals surface area contributed by atoms with Crippen LogP contribution in [0.3, 0.4) is 0 Å². The van der Waals surface area contributed by atoms with E-state index in [9.17, 15) is 10.1 Å². The zero-order valence-corrected chi connectivity index (χ0v) is 12.3.